The number of piperidine rings is 1. The van der Waals surface area contributed by atoms with Crippen molar-refractivity contribution >= 4 is 12.0 Å². The summed E-state index contributed by atoms with van der Waals surface area (Å²) in [7, 11) is 1.39. The molecule has 2 amide bonds. The molecule has 2 unspecified atom stereocenters. The SMILES string of the molecule is COC(=O)C1CCCN(C(=O)NC2CCOC2)C1. The predicted molar refractivity (Wildman–Crippen MR) is 64.1 cm³/mol. The summed E-state index contributed by atoms with van der Waals surface area (Å²) in [5, 5.41) is 2.94. The van der Waals surface area contributed by atoms with Crippen LogP contribution in [0.2, 0.25) is 0 Å². The fraction of sp³-hybridized carbons (Fsp3) is 0.833. The molecule has 6 nitrogen and oxygen atoms in total. The Labute approximate surface area is 107 Å². The Morgan fingerprint density at radius 3 is 2.89 bits per heavy atom. The minimum absolute atomic E-state index is 0.0981. The van der Waals surface area contributed by atoms with E-state index in [2.05, 4.69) is 5.32 Å². The molecule has 2 rings (SSSR count). The van der Waals surface area contributed by atoms with Crippen LogP contribution in [0.25, 0.3) is 0 Å². The molecule has 2 saturated heterocycles. The molecular formula is C12H20N2O4. The van der Waals surface area contributed by atoms with Gasteiger partial charge in [0.25, 0.3) is 0 Å². The number of likely N-dealkylation sites (tertiary alicyclic amines) is 1. The number of hydrogen-bond donors (Lipinski definition) is 1. The van der Waals surface area contributed by atoms with Gasteiger partial charge in [-0.25, -0.2) is 4.79 Å². The van der Waals surface area contributed by atoms with Crippen LogP contribution in [-0.2, 0) is 14.3 Å². The molecule has 102 valence electrons. The van der Waals surface area contributed by atoms with Crippen molar-refractivity contribution in [2.75, 3.05) is 33.4 Å². The zero-order valence-electron chi connectivity index (χ0n) is 10.7. The highest BCUT2D eigenvalue weighted by Gasteiger charge is 2.30. The molecule has 1 N–H and O–H groups in total. The van der Waals surface area contributed by atoms with Crippen molar-refractivity contribution in [3.63, 3.8) is 0 Å². The fourth-order valence-electron chi connectivity index (χ4n) is 2.43. The topological polar surface area (TPSA) is 67.9 Å². The van der Waals surface area contributed by atoms with E-state index in [-0.39, 0.29) is 24.0 Å². The Morgan fingerprint density at radius 2 is 2.22 bits per heavy atom. The molecule has 0 aromatic carbocycles. The minimum atomic E-state index is -0.225. The lowest BCUT2D eigenvalue weighted by molar-refractivity contribution is -0.146. The van der Waals surface area contributed by atoms with Gasteiger partial charge in [0, 0.05) is 19.7 Å². The number of nitrogens with one attached hydrogen (secondary N) is 1. The lowest BCUT2D eigenvalue weighted by Crippen LogP contribution is -2.50. The summed E-state index contributed by atoms with van der Waals surface area (Å²) in [4.78, 5) is 25.2. The lowest BCUT2D eigenvalue weighted by atomic mass is 9.98. The molecule has 0 spiro atoms. The monoisotopic (exact) mass is 256 g/mol. The predicted octanol–water partition coefficient (Wildman–Crippen LogP) is 0.370. The second-order valence-electron chi connectivity index (χ2n) is 4.82. The molecule has 18 heavy (non-hydrogen) atoms. The van der Waals surface area contributed by atoms with Gasteiger partial charge in [-0.3, -0.25) is 4.79 Å². The molecule has 2 heterocycles. The number of methoxy groups -OCH3 is 1. The van der Waals surface area contributed by atoms with Crippen molar-refractivity contribution in [2.24, 2.45) is 5.92 Å². The largest absolute Gasteiger partial charge is 0.469 e. The maximum atomic E-state index is 12.0. The van der Waals surface area contributed by atoms with E-state index >= 15 is 0 Å². The Kier molecular flexibility index (Phi) is 4.41. The van der Waals surface area contributed by atoms with Crippen molar-refractivity contribution in [3.05, 3.63) is 0 Å². The molecule has 2 atom stereocenters. The fourth-order valence-corrected chi connectivity index (χ4v) is 2.43. The summed E-state index contributed by atoms with van der Waals surface area (Å²) < 4.78 is 9.95. The van der Waals surface area contributed by atoms with Gasteiger partial charge in [-0.1, -0.05) is 0 Å². The smallest absolute Gasteiger partial charge is 0.317 e. The third kappa shape index (κ3) is 3.13. The van der Waals surface area contributed by atoms with Crippen molar-refractivity contribution in [2.45, 2.75) is 25.3 Å². The molecule has 0 aromatic heterocycles. The Balaban J connectivity index is 1.83. The standard InChI is InChI=1S/C12H20N2O4/c1-17-11(15)9-3-2-5-14(7-9)12(16)13-10-4-6-18-8-10/h9-10H,2-8H2,1H3,(H,13,16). The molecule has 2 aliphatic heterocycles. The van der Waals surface area contributed by atoms with Gasteiger partial charge in [-0.15, -0.1) is 0 Å². The number of urea groups is 1. The second kappa shape index (κ2) is 6.04. The number of nitrogens with zero attached hydrogens (tertiary/aromatic N) is 1. The van der Waals surface area contributed by atoms with Gasteiger partial charge in [0.1, 0.15) is 0 Å². The van der Waals surface area contributed by atoms with E-state index in [9.17, 15) is 9.59 Å². The summed E-state index contributed by atoms with van der Waals surface area (Å²) in [6.45, 7) is 2.44. The molecule has 0 bridgehead atoms. The van der Waals surface area contributed by atoms with Crippen LogP contribution in [-0.4, -0.2) is 56.4 Å². The summed E-state index contributed by atoms with van der Waals surface area (Å²) in [6, 6.07) is 0.00936. The highest BCUT2D eigenvalue weighted by Crippen LogP contribution is 2.18. The van der Waals surface area contributed by atoms with Crippen LogP contribution in [0.3, 0.4) is 0 Å². The van der Waals surface area contributed by atoms with Gasteiger partial charge in [0.05, 0.1) is 25.7 Å². The molecule has 0 aromatic rings. The number of rotatable bonds is 2. The first-order chi connectivity index (χ1) is 8.70. The van der Waals surface area contributed by atoms with E-state index in [1.807, 2.05) is 0 Å². The van der Waals surface area contributed by atoms with E-state index in [4.69, 9.17) is 9.47 Å². The molecule has 2 fully saturated rings. The third-order valence-electron chi connectivity index (χ3n) is 3.50. The summed E-state index contributed by atoms with van der Waals surface area (Å²) in [6.07, 6.45) is 2.50. The quantitative estimate of drug-likeness (QED) is 0.725. The molecule has 0 saturated carbocycles. The van der Waals surface area contributed by atoms with Gasteiger partial charge in [0.15, 0.2) is 0 Å². The number of carbonyl (C=O) groups is 2. The van der Waals surface area contributed by atoms with Crippen LogP contribution < -0.4 is 5.32 Å². The molecule has 2 aliphatic rings. The Morgan fingerprint density at radius 1 is 1.39 bits per heavy atom. The lowest BCUT2D eigenvalue weighted by Gasteiger charge is -2.32. The highest BCUT2D eigenvalue weighted by atomic mass is 16.5. The van der Waals surface area contributed by atoms with Gasteiger partial charge < -0.3 is 19.7 Å². The van der Waals surface area contributed by atoms with Crippen LogP contribution in [0.5, 0.6) is 0 Å². The van der Waals surface area contributed by atoms with Crippen LogP contribution >= 0.6 is 0 Å². The molecule has 6 heteroatoms. The van der Waals surface area contributed by atoms with E-state index in [1.54, 1.807) is 4.90 Å². The minimum Gasteiger partial charge on any atom is -0.469 e. The van der Waals surface area contributed by atoms with Gasteiger partial charge in [-0.05, 0) is 19.3 Å². The van der Waals surface area contributed by atoms with Gasteiger partial charge in [0.2, 0.25) is 0 Å². The van der Waals surface area contributed by atoms with E-state index in [0.717, 1.165) is 19.3 Å². The number of hydrogen-bond acceptors (Lipinski definition) is 4. The normalized spacial score (nSPS) is 27.9. The van der Waals surface area contributed by atoms with Gasteiger partial charge in [-0.2, -0.15) is 0 Å². The third-order valence-corrected chi connectivity index (χ3v) is 3.50. The average Bonchev–Trinajstić information content (AvgIpc) is 2.90. The van der Waals surface area contributed by atoms with Crippen LogP contribution in [0.1, 0.15) is 19.3 Å². The number of ether oxygens (including phenoxy) is 2. The van der Waals surface area contributed by atoms with Crippen molar-refractivity contribution in [3.8, 4) is 0 Å². The summed E-state index contributed by atoms with van der Waals surface area (Å²) in [5.41, 5.74) is 0. The number of esters is 1. The first-order valence-electron chi connectivity index (χ1n) is 6.41. The zero-order chi connectivity index (χ0) is 13.0. The van der Waals surface area contributed by atoms with Crippen LogP contribution in [0.15, 0.2) is 0 Å². The first kappa shape index (κ1) is 13.1. The van der Waals surface area contributed by atoms with Crippen molar-refractivity contribution in [1.82, 2.24) is 10.2 Å². The molecule has 0 aliphatic carbocycles. The number of carbonyl (C=O) groups excluding carboxylic acids is 2. The first-order valence-corrected chi connectivity index (χ1v) is 6.41. The summed E-state index contributed by atoms with van der Waals surface area (Å²) in [5.74, 6) is -0.411. The maximum absolute atomic E-state index is 12.0. The van der Waals surface area contributed by atoms with Crippen LogP contribution in [0.4, 0.5) is 4.79 Å². The zero-order valence-corrected chi connectivity index (χ0v) is 10.7. The highest BCUT2D eigenvalue weighted by molar-refractivity contribution is 5.77. The Bertz CT molecular complexity index is 315. The summed E-state index contributed by atoms with van der Waals surface area (Å²) >= 11 is 0. The average molecular weight is 256 g/mol. The molecular weight excluding hydrogens is 236 g/mol. The Hall–Kier alpha value is -1.30. The van der Waals surface area contributed by atoms with Gasteiger partial charge >= 0.3 is 12.0 Å². The second-order valence-corrected chi connectivity index (χ2v) is 4.82. The van der Waals surface area contributed by atoms with Crippen molar-refractivity contribution < 1.29 is 19.1 Å². The molecule has 0 radical (unpaired) electrons. The number of amides is 2. The van der Waals surface area contributed by atoms with Crippen LogP contribution in [0, 0.1) is 5.92 Å². The van der Waals surface area contributed by atoms with E-state index in [0.29, 0.717) is 26.3 Å². The maximum Gasteiger partial charge on any atom is 0.317 e. The van der Waals surface area contributed by atoms with E-state index in [1.165, 1.54) is 7.11 Å². The van der Waals surface area contributed by atoms with E-state index < -0.39 is 0 Å². The van der Waals surface area contributed by atoms with Crippen molar-refractivity contribution in [1.29, 1.82) is 0 Å².